The third kappa shape index (κ3) is 2.51. The van der Waals surface area contributed by atoms with E-state index >= 15 is 0 Å². The highest BCUT2D eigenvalue weighted by Crippen LogP contribution is 2.41. The maximum absolute atomic E-state index is 13.0. The molecule has 0 bridgehead atoms. The lowest BCUT2D eigenvalue weighted by Crippen LogP contribution is -2.49. The summed E-state index contributed by atoms with van der Waals surface area (Å²) in [5.74, 6) is 0.225. The molecule has 0 radical (unpaired) electrons. The number of hydrogen-bond donors (Lipinski definition) is 1. The number of benzene rings is 1. The number of nitrogens with zero attached hydrogens (tertiary/aromatic N) is 2. The van der Waals surface area contributed by atoms with E-state index in [0.717, 1.165) is 32.6 Å². The first-order valence-electron chi connectivity index (χ1n) is 9.51. The summed E-state index contributed by atoms with van der Waals surface area (Å²) in [6.07, 6.45) is 5.46. The molecule has 1 aromatic heterocycles. The van der Waals surface area contributed by atoms with E-state index in [1.165, 1.54) is 27.6 Å². The second-order valence-electron chi connectivity index (χ2n) is 7.09. The van der Waals surface area contributed by atoms with Gasteiger partial charge in [-0.2, -0.15) is 0 Å². The summed E-state index contributed by atoms with van der Waals surface area (Å²) in [6.45, 7) is 9.69. The lowest BCUT2D eigenvalue weighted by atomic mass is 9.79. The van der Waals surface area contributed by atoms with Gasteiger partial charge in [0.25, 0.3) is 0 Å². The van der Waals surface area contributed by atoms with Crippen molar-refractivity contribution in [2.45, 2.75) is 33.2 Å². The molecule has 0 spiro atoms. The topological polar surface area (TPSA) is 39.3 Å². The minimum atomic E-state index is -0.0400. The van der Waals surface area contributed by atoms with Gasteiger partial charge in [-0.1, -0.05) is 25.1 Å². The Morgan fingerprint density at radius 3 is 2.80 bits per heavy atom. The van der Waals surface area contributed by atoms with Gasteiger partial charge in [0, 0.05) is 42.8 Å². The number of fused-ring (bicyclic) bond motifs is 2. The largest absolute Gasteiger partial charge is 0.361 e. The number of nitrogens with one attached hydrogen (secondary N) is 1. The molecule has 2 heterocycles. The zero-order valence-electron chi connectivity index (χ0n) is 15.4. The van der Waals surface area contributed by atoms with Crippen LogP contribution in [0.25, 0.3) is 16.5 Å². The van der Waals surface area contributed by atoms with Crippen molar-refractivity contribution >= 4 is 22.4 Å². The Labute approximate surface area is 149 Å². The molecular weight excluding hydrogens is 310 g/mol. The number of aromatic nitrogens is 1. The van der Waals surface area contributed by atoms with Crippen LogP contribution in [0.5, 0.6) is 0 Å². The zero-order chi connectivity index (χ0) is 17.6. The normalized spacial score (nSPS) is 22.6. The summed E-state index contributed by atoms with van der Waals surface area (Å²) in [5, 5.41) is 1.34. The zero-order valence-corrected chi connectivity index (χ0v) is 15.4. The highest BCUT2D eigenvalue weighted by atomic mass is 16.2. The number of aromatic amines is 1. The average molecular weight is 337 g/mol. The summed E-state index contributed by atoms with van der Waals surface area (Å²) in [6, 6.07) is 6.87. The number of carbonyl (C=O) groups excluding carboxylic acids is 1. The van der Waals surface area contributed by atoms with Crippen LogP contribution in [-0.4, -0.2) is 52.9 Å². The minimum absolute atomic E-state index is 0.0400. The second-order valence-corrected chi connectivity index (χ2v) is 7.09. The van der Waals surface area contributed by atoms with Gasteiger partial charge in [-0.3, -0.25) is 9.69 Å². The number of rotatable bonds is 4. The van der Waals surface area contributed by atoms with Gasteiger partial charge >= 0.3 is 0 Å². The third-order valence-corrected chi connectivity index (χ3v) is 5.92. The first-order chi connectivity index (χ1) is 12.2. The molecular formula is C21H27N3O. The van der Waals surface area contributed by atoms with Gasteiger partial charge in [-0.15, -0.1) is 0 Å². The Bertz CT molecular complexity index is 831. The molecule has 0 unspecified atom stereocenters. The number of H-pyrrole nitrogens is 1. The van der Waals surface area contributed by atoms with Crippen LogP contribution >= 0.6 is 0 Å². The second kappa shape index (κ2) is 6.34. The monoisotopic (exact) mass is 337 g/mol. The van der Waals surface area contributed by atoms with E-state index in [1.807, 2.05) is 4.90 Å². The fourth-order valence-electron chi connectivity index (χ4n) is 4.60. The van der Waals surface area contributed by atoms with Gasteiger partial charge in [-0.25, -0.2) is 0 Å². The van der Waals surface area contributed by atoms with Gasteiger partial charge in [0.1, 0.15) is 0 Å². The summed E-state index contributed by atoms with van der Waals surface area (Å²) in [4.78, 5) is 20.8. The van der Waals surface area contributed by atoms with E-state index in [0.29, 0.717) is 6.04 Å². The van der Waals surface area contributed by atoms with Crippen LogP contribution in [0.2, 0.25) is 0 Å². The lowest BCUT2D eigenvalue weighted by Gasteiger charge is -2.42. The summed E-state index contributed by atoms with van der Waals surface area (Å²) in [7, 11) is 0. The van der Waals surface area contributed by atoms with Gasteiger partial charge in [0.05, 0.1) is 5.92 Å². The van der Waals surface area contributed by atoms with E-state index in [9.17, 15) is 4.79 Å². The van der Waals surface area contributed by atoms with Crippen molar-refractivity contribution in [2.24, 2.45) is 5.92 Å². The molecule has 1 amide bonds. The average Bonchev–Trinajstić information content (AvgIpc) is 3.06. The molecule has 2 aliphatic rings. The molecule has 132 valence electrons. The van der Waals surface area contributed by atoms with Crippen LogP contribution in [-0.2, 0) is 11.2 Å². The first kappa shape index (κ1) is 16.4. The Kier molecular flexibility index (Phi) is 4.16. The molecule has 2 atom stereocenters. The molecule has 1 aliphatic heterocycles. The number of hydrogen-bond acceptors (Lipinski definition) is 2. The first-order valence-corrected chi connectivity index (χ1v) is 9.51. The van der Waals surface area contributed by atoms with E-state index in [-0.39, 0.29) is 11.8 Å². The Morgan fingerprint density at radius 2 is 2.08 bits per heavy atom. The van der Waals surface area contributed by atoms with Crippen LogP contribution in [0.3, 0.4) is 0 Å². The smallest absolute Gasteiger partial charge is 0.230 e. The quantitative estimate of drug-likeness (QED) is 0.930. The van der Waals surface area contributed by atoms with Crippen LogP contribution < -0.4 is 0 Å². The standard InChI is InChI=1S/C21H27N3O/c1-4-23(5-2)21(25)15-10-17-16-8-7-9-18-20(16)14(12-22-18)11-19(17)24(6-3)13-15/h7-10,12,15,19,22H,4-6,11,13H2,1-3H3/t15-,19-/m1/s1. The van der Waals surface area contributed by atoms with Crippen molar-refractivity contribution in [3.63, 3.8) is 0 Å². The Balaban J connectivity index is 1.81. The number of likely N-dealkylation sites (N-methyl/N-ethyl adjacent to an activating group) is 1. The molecule has 1 aromatic carbocycles. The predicted molar refractivity (Wildman–Crippen MR) is 102 cm³/mol. The Morgan fingerprint density at radius 1 is 1.28 bits per heavy atom. The molecule has 25 heavy (non-hydrogen) atoms. The highest BCUT2D eigenvalue weighted by Gasteiger charge is 2.37. The van der Waals surface area contributed by atoms with E-state index < -0.39 is 0 Å². The van der Waals surface area contributed by atoms with Crippen molar-refractivity contribution in [3.8, 4) is 0 Å². The molecule has 1 aliphatic carbocycles. The van der Waals surface area contributed by atoms with E-state index in [2.05, 4.69) is 61.1 Å². The predicted octanol–water partition coefficient (Wildman–Crippen LogP) is 3.30. The van der Waals surface area contributed by atoms with Crippen LogP contribution in [0.1, 0.15) is 31.9 Å². The van der Waals surface area contributed by atoms with Crippen LogP contribution in [0, 0.1) is 5.92 Å². The number of carbonyl (C=O) groups is 1. The number of amides is 1. The molecule has 0 saturated carbocycles. The van der Waals surface area contributed by atoms with Gasteiger partial charge in [0.15, 0.2) is 0 Å². The molecule has 0 saturated heterocycles. The third-order valence-electron chi connectivity index (χ3n) is 5.92. The van der Waals surface area contributed by atoms with E-state index in [4.69, 9.17) is 0 Å². The molecule has 1 N–H and O–H groups in total. The van der Waals surface area contributed by atoms with Crippen molar-refractivity contribution < 1.29 is 4.79 Å². The van der Waals surface area contributed by atoms with Gasteiger partial charge in [-0.05, 0) is 49.6 Å². The van der Waals surface area contributed by atoms with Crippen LogP contribution in [0.15, 0.2) is 30.5 Å². The molecule has 4 rings (SSSR count). The minimum Gasteiger partial charge on any atom is -0.361 e. The molecule has 2 aromatic rings. The Hall–Kier alpha value is -2.07. The molecule has 0 fully saturated rings. The maximum Gasteiger partial charge on any atom is 0.230 e. The van der Waals surface area contributed by atoms with Gasteiger partial charge < -0.3 is 9.88 Å². The summed E-state index contributed by atoms with van der Waals surface area (Å²) in [5.41, 5.74) is 5.25. The fraction of sp³-hybridized carbons (Fsp3) is 0.476. The highest BCUT2D eigenvalue weighted by molar-refractivity contribution is 5.99. The van der Waals surface area contributed by atoms with E-state index in [1.54, 1.807) is 0 Å². The summed E-state index contributed by atoms with van der Waals surface area (Å²) < 4.78 is 0. The van der Waals surface area contributed by atoms with Crippen molar-refractivity contribution in [1.82, 2.24) is 14.8 Å². The fourth-order valence-corrected chi connectivity index (χ4v) is 4.60. The SMILES string of the molecule is CCN(CC)C(=O)[C@@H]1C=C2c3cccc4[nH]cc(c34)C[C@H]2N(CC)C1. The van der Waals surface area contributed by atoms with Crippen molar-refractivity contribution in [1.29, 1.82) is 0 Å². The summed E-state index contributed by atoms with van der Waals surface area (Å²) >= 11 is 0. The molecule has 4 heteroatoms. The van der Waals surface area contributed by atoms with Gasteiger partial charge in [0.2, 0.25) is 5.91 Å². The van der Waals surface area contributed by atoms with Crippen LogP contribution in [0.4, 0.5) is 0 Å². The molecule has 4 nitrogen and oxygen atoms in total. The lowest BCUT2D eigenvalue weighted by molar-refractivity contribution is -0.134. The van der Waals surface area contributed by atoms with Crippen molar-refractivity contribution in [2.75, 3.05) is 26.2 Å². The van der Waals surface area contributed by atoms with Crippen molar-refractivity contribution in [3.05, 3.63) is 41.6 Å². The maximum atomic E-state index is 13.0.